The number of thiol groups is 1. The van der Waals surface area contributed by atoms with Crippen molar-refractivity contribution in [1.29, 1.82) is 0 Å². The first-order chi connectivity index (χ1) is 40.4. The standard InChI is InChI=1S/C12H7BrFNO2S.C12H9BrFNS.C12H6BrFO2S.C12H6BrFS.C6H3BrFNO2.C6H5FS/c13-8-5-6-10(15(16)17)12(7-8)18-11-4-2-1-3-9(11)14;13-8-5-6-10(15)12(7-8)16-11-4-2-1-3-9(11)14;13-7-4-5-8-9-2-1-3-10(14)12(9)17(15,16)11(8)6-7;13-7-4-5-8-9-2-1-3-10(14)12(9)15-11(8)6-7;7-4-1-2-6(9(10)11)5(8)3-4;7-5-3-1-2-4-6(5)8/h1-7H;1-7H,15H2;1-6H;1-6H;1-3H;1-4,8H. The summed E-state index contributed by atoms with van der Waals surface area (Å²) in [7, 11) is -3.72. The van der Waals surface area contributed by atoms with Crippen molar-refractivity contribution in [2.75, 3.05) is 5.73 Å². The Morgan fingerprint density at radius 3 is 1.52 bits per heavy atom. The van der Waals surface area contributed by atoms with Crippen molar-refractivity contribution in [2.24, 2.45) is 0 Å². The zero-order valence-electron chi connectivity index (χ0n) is 42.7. The molecule has 434 valence electrons. The van der Waals surface area contributed by atoms with Crippen molar-refractivity contribution < 1.29 is 44.6 Å². The number of nitrogen functional groups attached to an aromatic ring is 1. The second kappa shape index (κ2) is 30.6. The van der Waals surface area contributed by atoms with Gasteiger partial charge in [0.1, 0.15) is 34.0 Å². The maximum absolute atomic E-state index is 13.7. The summed E-state index contributed by atoms with van der Waals surface area (Å²) in [5.74, 6) is -2.55. The fraction of sp³-hybridized carbons (Fsp3) is 0. The van der Waals surface area contributed by atoms with Crippen molar-refractivity contribution in [3.05, 3.63) is 278 Å². The number of rotatable bonds is 6. The van der Waals surface area contributed by atoms with Gasteiger partial charge >= 0.3 is 5.69 Å². The third kappa shape index (κ3) is 17.6. The van der Waals surface area contributed by atoms with E-state index in [-0.39, 0.29) is 32.9 Å². The lowest BCUT2D eigenvalue weighted by molar-refractivity contribution is -0.387. The van der Waals surface area contributed by atoms with Gasteiger partial charge in [0.05, 0.1) is 24.3 Å². The number of nitro groups is 2. The number of benzene rings is 10. The average molecular weight is 1570 g/mol. The van der Waals surface area contributed by atoms with E-state index in [9.17, 15) is 55.0 Å². The quantitative estimate of drug-likeness (QED) is 0.0546. The van der Waals surface area contributed by atoms with Crippen molar-refractivity contribution in [1.82, 2.24) is 0 Å². The minimum Gasteiger partial charge on any atom is -0.398 e. The third-order valence-corrected chi connectivity index (χ3v) is 19.4. The van der Waals surface area contributed by atoms with Gasteiger partial charge in [0.15, 0.2) is 0 Å². The number of hydrogen-bond donors (Lipinski definition) is 2. The zero-order chi connectivity index (χ0) is 61.7. The molecular formula is C60H36Br5F6N3O6S5. The predicted molar refractivity (Wildman–Crippen MR) is 347 cm³/mol. The van der Waals surface area contributed by atoms with Crippen molar-refractivity contribution in [2.45, 2.75) is 34.3 Å². The minimum atomic E-state index is -3.72. The van der Waals surface area contributed by atoms with Gasteiger partial charge in [0.2, 0.25) is 15.7 Å². The number of sulfone groups is 1. The zero-order valence-corrected chi connectivity index (χ0v) is 54.8. The summed E-state index contributed by atoms with van der Waals surface area (Å²) in [6.45, 7) is 0. The minimum absolute atomic E-state index is 0.0357. The van der Waals surface area contributed by atoms with Crippen LogP contribution in [-0.2, 0) is 9.84 Å². The fourth-order valence-electron chi connectivity index (χ4n) is 7.47. The molecule has 1 aromatic heterocycles. The summed E-state index contributed by atoms with van der Waals surface area (Å²) in [5.41, 5.74) is 6.93. The van der Waals surface area contributed by atoms with Crippen LogP contribution in [0.25, 0.3) is 31.3 Å². The summed E-state index contributed by atoms with van der Waals surface area (Å²) in [6.07, 6.45) is 0. The Hall–Kier alpha value is -6.00. The van der Waals surface area contributed by atoms with Crippen LogP contribution in [0.1, 0.15) is 0 Å². The van der Waals surface area contributed by atoms with E-state index in [0.29, 0.717) is 49.8 Å². The van der Waals surface area contributed by atoms with E-state index in [2.05, 4.69) is 92.3 Å². The molecule has 0 spiro atoms. The molecule has 2 N–H and O–H groups in total. The van der Waals surface area contributed by atoms with Crippen molar-refractivity contribution in [3.8, 4) is 11.1 Å². The average Bonchev–Trinajstić information content (AvgIpc) is 1.66. The molecule has 0 atom stereocenters. The highest BCUT2D eigenvalue weighted by Crippen LogP contribution is 2.45. The molecule has 0 saturated heterocycles. The van der Waals surface area contributed by atoms with Gasteiger partial charge in [-0.2, -0.15) is 4.39 Å². The summed E-state index contributed by atoms with van der Waals surface area (Å²) >= 11 is 23.9. The van der Waals surface area contributed by atoms with E-state index in [1.807, 2.05) is 36.4 Å². The van der Waals surface area contributed by atoms with Crippen LogP contribution in [0.3, 0.4) is 0 Å². The molecule has 10 aromatic carbocycles. The number of thiophene rings is 1. The van der Waals surface area contributed by atoms with Gasteiger partial charge in [0, 0.05) is 86.4 Å². The maximum Gasteiger partial charge on any atom is 0.304 e. The topological polar surface area (TPSA) is 146 Å². The molecule has 9 nitrogen and oxygen atoms in total. The number of nitrogens with two attached hydrogens (primary N) is 1. The Kier molecular flexibility index (Phi) is 23.9. The smallest absolute Gasteiger partial charge is 0.304 e. The Bertz CT molecular complexity index is 4380. The van der Waals surface area contributed by atoms with Crippen LogP contribution in [-0.4, -0.2) is 18.3 Å². The van der Waals surface area contributed by atoms with Gasteiger partial charge in [-0.25, -0.2) is 30.4 Å². The molecular weight excluding hydrogens is 1530 g/mol. The Labute approximate surface area is 542 Å². The molecule has 85 heavy (non-hydrogen) atoms. The molecule has 12 rings (SSSR count). The number of nitro benzene ring substituents is 2. The van der Waals surface area contributed by atoms with E-state index < -0.39 is 42.8 Å². The van der Waals surface area contributed by atoms with Crippen LogP contribution < -0.4 is 5.73 Å². The summed E-state index contributed by atoms with van der Waals surface area (Å²) in [4.78, 5) is 22.3. The van der Waals surface area contributed by atoms with Crippen LogP contribution in [0.2, 0.25) is 0 Å². The van der Waals surface area contributed by atoms with E-state index in [1.165, 1.54) is 71.6 Å². The molecule has 1 aliphatic heterocycles. The first-order valence-electron chi connectivity index (χ1n) is 23.9. The fourth-order valence-corrected chi connectivity index (χ4v) is 14.8. The Balaban J connectivity index is 0.000000148. The molecule has 2 heterocycles. The van der Waals surface area contributed by atoms with E-state index in [1.54, 1.807) is 97.1 Å². The number of anilines is 1. The lowest BCUT2D eigenvalue weighted by atomic mass is 10.1. The first-order valence-corrected chi connectivity index (χ1v) is 32.2. The van der Waals surface area contributed by atoms with E-state index >= 15 is 0 Å². The molecule has 11 aromatic rings. The van der Waals surface area contributed by atoms with Gasteiger partial charge < -0.3 is 5.73 Å². The maximum atomic E-state index is 13.7. The van der Waals surface area contributed by atoms with E-state index in [0.717, 1.165) is 64.0 Å². The summed E-state index contributed by atoms with van der Waals surface area (Å²) in [5, 5.41) is 23.1. The lowest BCUT2D eigenvalue weighted by Gasteiger charge is -2.06. The van der Waals surface area contributed by atoms with Crippen LogP contribution in [0.15, 0.2) is 257 Å². The van der Waals surface area contributed by atoms with E-state index in [4.69, 9.17) is 5.73 Å². The normalized spacial score (nSPS) is 11.3. The molecule has 0 radical (unpaired) electrons. The molecule has 25 heteroatoms. The highest BCUT2D eigenvalue weighted by atomic mass is 79.9. The highest BCUT2D eigenvalue weighted by Gasteiger charge is 2.35. The molecule has 0 fully saturated rings. The number of halogens is 11. The van der Waals surface area contributed by atoms with Crippen LogP contribution in [0.4, 0.5) is 43.4 Å². The van der Waals surface area contributed by atoms with Gasteiger partial charge in [0.25, 0.3) is 5.69 Å². The van der Waals surface area contributed by atoms with Gasteiger partial charge in [-0.05, 0) is 115 Å². The van der Waals surface area contributed by atoms with Crippen molar-refractivity contribution in [3.63, 3.8) is 0 Å². The van der Waals surface area contributed by atoms with Gasteiger partial charge in [-0.15, -0.1) is 24.0 Å². The summed E-state index contributed by atoms with van der Waals surface area (Å²) < 4.78 is 109. The van der Waals surface area contributed by atoms with Crippen molar-refractivity contribution >= 4 is 174 Å². The molecule has 0 amide bonds. The van der Waals surface area contributed by atoms with Crippen LogP contribution in [0, 0.1) is 55.1 Å². The lowest BCUT2D eigenvalue weighted by Crippen LogP contribution is -1.99. The number of hydrogen-bond acceptors (Lipinski definition) is 11. The third-order valence-electron chi connectivity index (χ3n) is 11.3. The first kappa shape index (κ1) is 66.5. The van der Waals surface area contributed by atoms with Gasteiger partial charge in [-0.3, -0.25) is 20.2 Å². The number of fused-ring (bicyclic) bond motifs is 6. The molecule has 1 aliphatic rings. The largest absolute Gasteiger partial charge is 0.398 e. The predicted octanol–water partition coefficient (Wildman–Crippen LogP) is 21.9. The SMILES string of the molecule is Fc1cccc2c1sc1cc(Br)ccc12.Fc1ccccc1S.Nc1ccc(Br)cc1Sc1ccccc1F.O=S1(=O)c2cc(Br)ccc2-c2cccc(F)c21.O=[N+]([O-])c1ccc(Br)cc1F.O=[N+]([O-])c1ccc(Br)cc1Sc1ccccc1F. The summed E-state index contributed by atoms with van der Waals surface area (Å²) in [6, 6.07) is 53.4. The number of nitrogens with zero attached hydrogens (tertiary/aromatic N) is 2. The van der Waals surface area contributed by atoms with Crippen LogP contribution in [0.5, 0.6) is 0 Å². The Morgan fingerprint density at radius 2 is 0.929 bits per heavy atom. The Morgan fingerprint density at radius 1 is 0.447 bits per heavy atom. The molecule has 0 saturated carbocycles. The highest BCUT2D eigenvalue weighted by molar-refractivity contribution is 9.11. The second-order valence-corrected chi connectivity index (χ2v) is 27.2. The molecule has 0 unspecified atom stereocenters. The van der Waals surface area contributed by atoms with Crippen LogP contribution >= 0.6 is 127 Å². The monoisotopic (exact) mass is 1560 g/mol. The molecule has 0 bridgehead atoms. The van der Waals surface area contributed by atoms with Gasteiger partial charge in [-0.1, -0.05) is 176 Å². The molecule has 0 aliphatic carbocycles. The second-order valence-electron chi connectivity index (χ2n) is 17.0.